The predicted molar refractivity (Wildman–Crippen MR) is 104 cm³/mol. The summed E-state index contributed by atoms with van der Waals surface area (Å²) in [5.41, 5.74) is 2.91. The number of rotatable bonds is 6. The third-order valence-corrected chi connectivity index (χ3v) is 5.18. The Bertz CT molecular complexity index is 799. The molecule has 0 saturated heterocycles. The van der Waals surface area contributed by atoms with Crippen molar-refractivity contribution >= 4 is 5.91 Å². The average molecular weight is 372 g/mol. The highest BCUT2D eigenvalue weighted by atomic mass is 19.1. The van der Waals surface area contributed by atoms with Crippen LogP contribution in [0, 0.1) is 5.82 Å². The topological polar surface area (TPSA) is 50.2 Å². The van der Waals surface area contributed by atoms with Gasteiger partial charge in [-0.3, -0.25) is 9.69 Å². The van der Waals surface area contributed by atoms with E-state index in [4.69, 9.17) is 0 Å². The van der Waals surface area contributed by atoms with E-state index in [9.17, 15) is 9.18 Å². The summed E-state index contributed by atoms with van der Waals surface area (Å²) >= 11 is 0. The normalized spacial score (nSPS) is 17.4. The maximum Gasteiger partial charge on any atom is 0.243 e. The fourth-order valence-corrected chi connectivity index (χ4v) is 3.78. The molecule has 1 N–H and O–H groups in total. The Balaban J connectivity index is 1.77. The molecule has 5 nitrogen and oxygen atoms in total. The first-order valence-electron chi connectivity index (χ1n) is 9.72. The third-order valence-electron chi connectivity index (χ3n) is 5.18. The van der Waals surface area contributed by atoms with Gasteiger partial charge in [-0.05, 0) is 51.8 Å². The van der Waals surface area contributed by atoms with E-state index in [1.165, 1.54) is 12.1 Å². The lowest BCUT2D eigenvalue weighted by Gasteiger charge is -2.38. The molecular formula is C21H29FN4O. The minimum absolute atomic E-state index is 0.0107. The van der Waals surface area contributed by atoms with Crippen molar-refractivity contribution in [2.24, 2.45) is 0 Å². The average Bonchev–Trinajstić information content (AvgIpc) is 3.05. The van der Waals surface area contributed by atoms with Crippen LogP contribution in [0.25, 0.3) is 0 Å². The van der Waals surface area contributed by atoms with Crippen LogP contribution >= 0.6 is 0 Å². The van der Waals surface area contributed by atoms with E-state index in [-0.39, 0.29) is 29.8 Å². The molecule has 0 radical (unpaired) electrons. The molecule has 1 aliphatic rings. The van der Waals surface area contributed by atoms with Crippen LogP contribution in [0.2, 0.25) is 0 Å². The van der Waals surface area contributed by atoms with Crippen LogP contribution in [0.3, 0.4) is 0 Å². The number of carbonyl (C=O) groups excluding carboxylic acids is 1. The summed E-state index contributed by atoms with van der Waals surface area (Å²) in [5, 5.41) is 3.06. The maximum absolute atomic E-state index is 13.3. The van der Waals surface area contributed by atoms with Gasteiger partial charge in [-0.1, -0.05) is 12.1 Å². The van der Waals surface area contributed by atoms with E-state index in [0.29, 0.717) is 13.0 Å². The van der Waals surface area contributed by atoms with Crippen LogP contribution in [0.4, 0.5) is 4.39 Å². The number of benzene rings is 1. The molecule has 0 saturated carbocycles. The van der Waals surface area contributed by atoms with Crippen LogP contribution in [-0.2, 0) is 17.6 Å². The molecule has 1 atom stereocenters. The molecule has 1 aromatic heterocycles. The molecule has 0 bridgehead atoms. The quantitative estimate of drug-likeness (QED) is 0.847. The van der Waals surface area contributed by atoms with Crippen molar-refractivity contribution in [3.8, 4) is 0 Å². The summed E-state index contributed by atoms with van der Waals surface area (Å²) in [6.07, 6.45) is 3.32. The fourth-order valence-electron chi connectivity index (χ4n) is 3.78. The molecule has 2 heterocycles. The van der Waals surface area contributed by atoms with Crippen molar-refractivity contribution < 1.29 is 9.18 Å². The molecule has 1 aromatic carbocycles. The maximum atomic E-state index is 13.3. The second-order valence-electron chi connectivity index (χ2n) is 7.73. The molecule has 146 valence electrons. The van der Waals surface area contributed by atoms with Gasteiger partial charge in [0.25, 0.3) is 0 Å². The molecule has 1 amide bonds. The Hall–Kier alpha value is -2.21. The molecule has 0 fully saturated rings. The number of halogens is 1. The van der Waals surface area contributed by atoms with E-state index < -0.39 is 0 Å². The van der Waals surface area contributed by atoms with Crippen molar-refractivity contribution in [1.82, 2.24) is 19.8 Å². The van der Waals surface area contributed by atoms with Crippen molar-refractivity contribution in [2.45, 2.75) is 58.7 Å². The highest BCUT2D eigenvalue weighted by Gasteiger charge is 2.37. The standard InChI is InChI=1S/C21H29FN4O/c1-14(2)25-11-9-18-19(26(13-24-18)15(3)4)20(25)21(27)23-10-8-16-6-5-7-17(22)12-16/h5-7,12-15,20H,8-11H2,1-4H3,(H,23,27)/t20-/m0/s1. The number of carbonyl (C=O) groups is 1. The number of hydrogen-bond donors (Lipinski definition) is 1. The van der Waals surface area contributed by atoms with Gasteiger partial charge in [0.1, 0.15) is 11.9 Å². The second kappa shape index (κ2) is 8.21. The number of aromatic nitrogens is 2. The van der Waals surface area contributed by atoms with Gasteiger partial charge in [0.15, 0.2) is 0 Å². The summed E-state index contributed by atoms with van der Waals surface area (Å²) in [5.74, 6) is -0.258. The number of fused-ring (bicyclic) bond motifs is 1. The smallest absolute Gasteiger partial charge is 0.243 e. The van der Waals surface area contributed by atoms with Crippen molar-refractivity contribution in [2.75, 3.05) is 13.1 Å². The van der Waals surface area contributed by atoms with Gasteiger partial charge in [0, 0.05) is 31.6 Å². The first-order chi connectivity index (χ1) is 12.9. The van der Waals surface area contributed by atoms with Gasteiger partial charge in [-0.25, -0.2) is 9.37 Å². The molecule has 0 aliphatic carbocycles. The zero-order chi connectivity index (χ0) is 19.6. The van der Waals surface area contributed by atoms with Crippen molar-refractivity contribution in [1.29, 1.82) is 0 Å². The van der Waals surface area contributed by atoms with Gasteiger partial charge in [0.2, 0.25) is 5.91 Å². The molecule has 3 rings (SSSR count). The lowest BCUT2D eigenvalue weighted by atomic mass is 9.99. The lowest BCUT2D eigenvalue weighted by molar-refractivity contribution is -0.128. The minimum atomic E-state index is -0.342. The largest absolute Gasteiger partial charge is 0.354 e. The molecule has 2 aromatic rings. The monoisotopic (exact) mass is 372 g/mol. The second-order valence-corrected chi connectivity index (χ2v) is 7.73. The number of imidazole rings is 1. The van der Waals surface area contributed by atoms with Gasteiger partial charge < -0.3 is 9.88 Å². The molecule has 6 heteroatoms. The summed E-state index contributed by atoms with van der Waals surface area (Å²) < 4.78 is 15.4. The first-order valence-corrected chi connectivity index (χ1v) is 9.72. The van der Waals surface area contributed by atoms with E-state index in [1.54, 1.807) is 6.07 Å². The van der Waals surface area contributed by atoms with Gasteiger partial charge in [-0.15, -0.1) is 0 Å². The van der Waals surface area contributed by atoms with Crippen LogP contribution < -0.4 is 5.32 Å². The molecule has 27 heavy (non-hydrogen) atoms. The van der Waals surface area contributed by atoms with Crippen LogP contribution in [0.15, 0.2) is 30.6 Å². The number of nitrogens with zero attached hydrogens (tertiary/aromatic N) is 3. The number of hydrogen-bond acceptors (Lipinski definition) is 3. The van der Waals surface area contributed by atoms with Crippen LogP contribution in [0.1, 0.15) is 56.7 Å². The van der Waals surface area contributed by atoms with E-state index in [1.807, 2.05) is 12.4 Å². The molecular weight excluding hydrogens is 343 g/mol. The zero-order valence-corrected chi connectivity index (χ0v) is 16.6. The molecule has 0 unspecified atom stereocenters. The molecule has 1 aliphatic heterocycles. The van der Waals surface area contributed by atoms with Crippen LogP contribution in [0.5, 0.6) is 0 Å². The summed E-state index contributed by atoms with van der Waals surface area (Å²) in [4.78, 5) is 19.9. The third kappa shape index (κ3) is 4.21. The Kier molecular flexibility index (Phi) is 5.95. The van der Waals surface area contributed by atoms with Crippen molar-refractivity contribution in [3.05, 3.63) is 53.4 Å². The lowest BCUT2D eigenvalue weighted by Crippen LogP contribution is -2.48. The summed E-state index contributed by atoms with van der Waals surface area (Å²) in [6, 6.07) is 6.68. The minimum Gasteiger partial charge on any atom is -0.354 e. The van der Waals surface area contributed by atoms with E-state index in [2.05, 4.69) is 47.5 Å². The number of amides is 1. The number of nitrogens with one attached hydrogen (secondary N) is 1. The van der Waals surface area contributed by atoms with Crippen LogP contribution in [-0.4, -0.2) is 39.5 Å². The van der Waals surface area contributed by atoms with Gasteiger partial charge in [0.05, 0.1) is 17.7 Å². The Labute approximate surface area is 160 Å². The highest BCUT2D eigenvalue weighted by Crippen LogP contribution is 2.32. The van der Waals surface area contributed by atoms with Gasteiger partial charge in [-0.2, -0.15) is 0 Å². The fraction of sp³-hybridized carbons (Fsp3) is 0.524. The van der Waals surface area contributed by atoms with Crippen molar-refractivity contribution in [3.63, 3.8) is 0 Å². The Morgan fingerprint density at radius 2 is 2.07 bits per heavy atom. The zero-order valence-electron chi connectivity index (χ0n) is 16.6. The predicted octanol–water partition coefficient (Wildman–Crippen LogP) is 3.27. The van der Waals surface area contributed by atoms with Gasteiger partial charge >= 0.3 is 0 Å². The SMILES string of the molecule is CC(C)N1CCc2ncn(C(C)C)c2[C@H]1C(=O)NCCc1cccc(F)c1. The summed E-state index contributed by atoms with van der Waals surface area (Å²) in [7, 11) is 0. The Morgan fingerprint density at radius 1 is 1.30 bits per heavy atom. The summed E-state index contributed by atoms with van der Waals surface area (Å²) in [6.45, 7) is 9.75. The molecule has 0 spiro atoms. The Morgan fingerprint density at radius 3 is 2.74 bits per heavy atom. The first kappa shape index (κ1) is 19.5. The highest BCUT2D eigenvalue weighted by molar-refractivity contribution is 5.83. The van der Waals surface area contributed by atoms with E-state index in [0.717, 1.165) is 29.9 Å². The van der Waals surface area contributed by atoms with E-state index >= 15 is 0 Å².